The van der Waals surface area contributed by atoms with E-state index in [0.717, 1.165) is 11.1 Å². The summed E-state index contributed by atoms with van der Waals surface area (Å²) in [6.07, 6.45) is 0. The molecule has 6 nitrogen and oxygen atoms in total. The molecule has 0 aliphatic carbocycles. The van der Waals surface area contributed by atoms with Gasteiger partial charge in [0.15, 0.2) is 0 Å². The van der Waals surface area contributed by atoms with Crippen molar-refractivity contribution >= 4 is 32.4 Å². The molecule has 0 saturated heterocycles. The molecule has 0 saturated carbocycles. The average Bonchev–Trinajstić information content (AvgIpc) is 2.86. The molecule has 1 amide bonds. The minimum atomic E-state index is -3.77. The van der Waals surface area contributed by atoms with E-state index in [-0.39, 0.29) is 23.0 Å². The van der Waals surface area contributed by atoms with E-state index < -0.39 is 21.7 Å². The van der Waals surface area contributed by atoms with Gasteiger partial charge in [-0.3, -0.25) is 14.5 Å². The Balaban J connectivity index is 1.84. The van der Waals surface area contributed by atoms with Crippen molar-refractivity contribution in [2.24, 2.45) is 4.99 Å². The van der Waals surface area contributed by atoms with Gasteiger partial charge in [0.05, 0.1) is 5.69 Å². The molecule has 2 N–H and O–H groups in total. The summed E-state index contributed by atoms with van der Waals surface area (Å²) in [7, 11) is -3.77. The summed E-state index contributed by atoms with van der Waals surface area (Å²) in [4.78, 5) is 16.3. The van der Waals surface area contributed by atoms with Crippen LogP contribution in [-0.2, 0) is 14.8 Å². The Hall–Kier alpha value is -3.00. The van der Waals surface area contributed by atoms with E-state index in [4.69, 9.17) is 0 Å². The van der Waals surface area contributed by atoms with Gasteiger partial charge in [-0.15, -0.1) is 0 Å². The molecule has 1 aliphatic rings. The summed E-state index contributed by atoms with van der Waals surface area (Å²) in [5.41, 5.74) is 3.07. The molecule has 1 heterocycles. The Morgan fingerprint density at radius 3 is 2.50 bits per heavy atom. The number of nitrogens with zero attached hydrogens (tertiary/aromatic N) is 1. The number of amides is 1. The molecule has 1 aliphatic heterocycles. The van der Waals surface area contributed by atoms with Crippen LogP contribution >= 0.6 is 0 Å². The number of halogens is 1. The molecule has 28 heavy (non-hydrogen) atoms. The Bertz CT molecular complexity index is 1120. The molecule has 146 valence electrons. The number of benzene rings is 2. The van der Waals surface area contributed by atoms with Crippen LogP contribution in [0.15, 0.2) is 53.0 Å². The van der Waals surface area contributed by atoms with E-state index >= 15 is 0 Å². The lowest BCUT2D eigenvalue weighted by atomic mass is 10.0. The number of nitrogens with one attached hydrogen (secondary N) is 2. The predicted molar refractivity (Wildman–Crippen MR) is 108 cm³/mol. The minimum Gasteiger partial charge on any atom is -0.322 e. The molecule has 0 radical (unpaired) electrons. The number of rotatable bonds is 4. The van der Waals surface area contributed by atoms with Crippen LogP contribution in [-0.4, -0.2) is 26.7 Å². The van der Waals surface area contributed by atoms with E-state index in [0.29, 0.717) is 11.1 Å². The maximum Gasteiger partial charge on any atom is 0.264 e. The van der Waals surface area contributed by atoms with Gasteiger partial charge in [-0.1, -0.05) is 30.3 Å². The van der Waals surface area contributed by atoms with Gasteiger partial charge in [-0.05, 0) is 49.6 Å². The van der Waals surface area contributed by atoms with E-state index in [1.807, 2.05) is 19.9 Å². The minimum absolute atomic E-state index is 0.0442. The first-order chi connectivity index (χ1) is 13.2. The number of sulfonamides is 1. The van der Waals surface area contributed by atoms with Crippen molar-refractivity contribution < 1.29 is 17.6 Å². The highest BCUT2D eigenvalue weighted by Crippen LogP contribution is 2.30. The van der Waals surface area contributed by atoms with E-state index in [1.54, 1.807) is 25.1 Å². The first-order valence-corrected chi connectivity index (χ1v) is 10.1. The highest BCUT2D eigenvalue weighted by molar-refractivity contribution is 8.00. The molecule has 0 atom stereocenters. The fraction of sp³-hybridized carbons (Fsp3) is 0.200. The van der Waals surface area contributed by atoms with Gasteiger partial charge in [0.1, 0.15) is 23.1 Å². The second-order valence-electron chi connectivity index (χ2n) is 6.55. The summed E-state index contributed by atoms with van der Waals surface area (Å²) in [6, 6.07) is 11.2. The van der Waals surface area contributed by atoms with Crippen molar-refractivity contribution in [3.05, 3.63) is 70.5 Å². The fourth-order valence-electron chi connectivity index (χ4n) is 2.87. The molecule has 2 aromatic carbocycles. The molecular formula is C20H20FN3O3S. The van der Waals surface area contributed by atoms with Gasteiger partial charge in [-0.25, -0.2) is 12.8 Å². The van der Waals surface area contributed by atoms with Gasteiger partial charge < -0.3 is 5.32 Å². The molecular weight excluding hydrogens is 381 g/mol. The standard InChI is InChI=1S/C20H20FN3O3S/c1-12-8-9-15(10-13(12)2)19-14(3)20(24-28(19,26)27)22-11-18(25)23-17-7-5-4-6-16(17)21/h4-10H,11H2,1-3H3,(H,22,24)(H,23,25). The number of anilines is 1. The first kappa shape index (κ1) is 19.8. The SMILES string of the molecule is CC1=C(c2ccc(C)c(C)c2)S(=O)(=O)NC1=NCC(=O)Nc1ccccc1F. The molecule has 3 rings (SSSR count). The van der Waals surface area contributed by atoms with Crippen LogP contribution in [0.3, 0.4) is 0 Å². The third kappa shape index (κ3) is 3.96. The number of aryl methyl sites for hydroxylation is 2. The van der Waals surface area contributed by atoms with Crippen LogP contribution in [0.2, 0.25) is 0 Å². The van der Waals surface area contributed by atoms with Crippen LogP contribution in [0.4, 0.5) is 10.1 Å². The van der Waals surface area contributed by atoms with Crippen molar-refractivity contribution in [3.63, 3.8) is 0 Å². The van der Waals surface area contributed by atoms with E-state index in [1.165, 1.54) is 18.2 Å². The lowest BCUT2D eigenvalue weighted by Crippen LogP contribution is -2.25. The van der Waals surface area contributed by atoms with Crippen molar-refractivity contribution in [3.8, 4) is 0 Å². The van der Waals surface area contributed by atoms with Crippen molar-refractivity contribution in [2.45, 2.75) is 20.8 Å². The predicted octanol–water partition coefficient (Wildman–Crippen LogP) is 3.14. The Labute approximate surface area is 163 Å². The third-order valence-electron chi connectivity index (χ3n) is 4.49. The lowest BCUT2D eigenvalue weighted by molar-refractivity contribution is -0.114. The zero-order valence-electron chi connectivity index (χ0n) is 15.7. The van der Waals surface area contributed by atoms with Gasteiger partial charge in [-0.2, -0.15) is 0 Å². The van der Waals surface area contributed by atoms with Crippen LogP contribution in [0, 0.1) is 19.7 Å². The number of para-hydroxylation sites is 1. The van der Waals surface area contributed by atoms with Gasteiger partial charge >= 0.3 is 0 Å². The molecule has 0 fully saturated rings. The summed E-state index contributed by atoms with van der Waals surface area (Å²) >= 11 is 0. The monoisotopic (exact) mass is 401 g/mol. The zero-order chi connectivity index (χ0) is 20.5. The van der Waals surface area contributed by atoms with Gasteiger partial charge in [0.25, 0.3) is 10.0 Å². The molecule has 8 heteroatoms. The van der Waals surface area contributed by atoms with Crippen molar-refractivity contribution in [1.82, 2.24) is 4.72 Å². The van der Waals surface area contributed by atoms with Crippen molar-refractivity contribution in [1.29, 1.82) is 0 Å². The van der Waals surface area contributed by atoms with E-state index in [9.17, 15) is 17.6 Å². The number of aliphatic imine (C=N–C) groups is 1. The van der Waals surface area contributed by atoms with Gasteiger partial charge in [0.2, 0.25) is 5.91 Å². The highest BCUT2D eigenvalue weighted by atomic mass is 32.2. The Morgan fingerprint density at radius 2 is 1.82 bits per heavy atom. The number of hydrogen-bond donors (Lipinski definition) is 2. The topological polar surface area (TPSA) is 87.6 Å². The zero-order valence-corrected chi connectivity index (χ0v) is 16.5. The summed E-state index contributed by atoms with van der Waals surface area (Å²) in [6.45, 7) is 5.15. The largest absolute Gasteiger partial charge is 0.322 e. The fourth-order valence-corrected chi connectivity index (χ4v) is 4.38. The van der Waals surface area contributed by atoms with Crippen molar-refractivity contribution in [2.75, 3.05) is 11.9 Å². The van der Waals surface area contributed by atoms with Crippen LogP contribution in [0.5, 0.6) is 0 Å². The smallest absolute Gasteiger partial charge is 0.264 e. The second kappa shape index (κ2) is 7.55. The van der Waals surface area contributed by atoms with E-state index in [2.05, 4.69) is 15.0 Å². The Kier molecular flexibility index (Phi) is 5.33. The lowest BCUT2D eigenvalue weighted by Gasteiger charge is -2.06. The highest BCUT2D eigenvalue weighted by Gasteiger charge is 2.32. The maximum absolute atomic E-state index is 13.6. The molecule has 0 bridgehead atoms. The number of carbonyl (C=O) groups is 1. The first-order valence-electron chi connectivity index (χ1n) is 8.59. The third-order valence-corrected chi connectivity index (χ3v) is 6.03. The van der Waals surface area contributed by atoms with Crippen LogP contribution < -0.4 is 10.0 Å². The summed E-state index contributed by atoms with van der Waals surface area (Å²) in [5.74, 6) is -1.00. The maximum atomic E-state index is 13.6. The van der Waals surface area contributed by atoms with Crippen LogP contribution in [0.25, 0.3) is 4.91 Å². The van der Waals surface area contributed by atoms with Gasteiger partial charge in [0, 0.05) is 5.57 Å². The Morgan fingerprint density at radius 1 is 1.11 bits per heavy atom. The van der Waals surface area contributed by atoms with Crippen LogP contribution in [0.1, 0.15) is 23.6 Å². The summed E-state index contributed by atoms with van der Waals surface area (Å²) in [5, 5.41) is 2.41. The summed E-state index contributed by atoms with van der Waals surface area (Å²) < 4.78 is 41.1. The quantitative estimate of drug-likeness (QED) is 0.825. The molecule has 0 unspecified atom stereocenters. The average molecular weight is 401 g/mol. The normalized spacial score (nSPS) is 16.9. The number of hydrogen-bond acceptors (Lipinski definition) is 4. The number of carbonyl (C=O) groups excluding carboxylic acids is 1. The molecule has 2 aromatic rings. The molecule has 0 spiro atoms. The molecule has 0 aromatic heterocycles. The number of amidine groups is 1. The second-order valence-corrected chi connectivity index (χ2v) is 8.17.